The molecule has 1 N–H and O–H groups in total. The van der Waals surface area contributed by atoms with Gasteiger partial charge in [-0.2, -0.15) is 0 Å². The molecule has 3 atom stereocenters. The average molecular weight is 329 g/mol. The lowest BCUT2D eigenvalue weighted by Crippen LogP contribution is -2.31. The van der Waals surface area contributed by atoms with Gasteiger partial charge in [-0.25, -0.2) is 0 Å². The maximum Gasteiger partial charge on any atom is 0.221 e. The molecule has 0 aliphatic heterocycles. The van der Waals surface area contributed by atoms with Gasteiger partial charge in [0.1, 0.15) is 0 Å². The summed E-state index contributed by atoms with van der Waals surface area (Å²) < 4.78 is 2.10. The smallest absolute Gasteiger partial charge is 0.221 e. The Bertz CT molecular complexity index is 764. The van der Waals surface area contributed by atoms with E-state index in [-0.39, 0.29) is 5.91 Å². The predicted octanol–water partition coefficient (Wildman–Crippen LogP) is 4.01. The number of nitrogens with zero attached hydrogens (tertiary/aromatic N) is 1. The average Bonchev–Trinajstić information content (AvgIpc) is 3.26. The molecule has 1 aromatic carbocycles. The molecule has 0 saturated heterocycles. The third kappa shape index (κ3) is 2.90. The number of fused-ring (bicyclic) bond motifs is 3. The molecule has 1 aromatic heterocycles. The number of halogens is 1. The third-order valence-corrected chi connectivity index (χ3v) is 5.65. The van der Waals surface area contributed by atoms with E-state index in [0.29, 0.717) is 24.8 Å². The fourth-order valence-corrected chi connectivity index (χ4v) is 4.30. The van der Waals surface area contributed by atoms with E-state index in [2.05, 4.69) is 22.0 Å². The van der Waals surface area contributed by atoms with Crippen LogP contribution in [-0.2, 0) is 11.3 Å². The highest BCUT2D eigenvalue weighted by Gasteiger charge is 2.35. The standard InChI is InChI=1S/C19H21ClN2O/c20-17-2-1-3-18-16(17)6-8-22(18)9-7-19(23)21-12-15-11-13-4-5-14(15)10-13/h1-6,8,13-15H,7,9-12H2,(H,21,23)/t13-,14-,15+/m0/s1. The Kier molecular flexibility index (Phi) is 3.90. The monoisotopic (exact) mass is 328 g/mol. The number of aromatic nitrogens is 1. The van der Waals surface area contributed by atoms with Gasteiger partial charge in [0.05, 0.1) is 0 Å². The van der Waals surface area contributed by atoms with Gasteiger partial charge in [0.25, 0.3) is 0 Å². The number of amides is 1. The second kappa shape index (κ2) is 6.04. The number of benzene rings is 1. The molecular weight excluding hydrogens is 308 g/mol. The van der Waals surface area contributed by atoms with Gasteiger partial charge in [-0.3, -0.25) is 4.79 Å². The van der Waals surface area contributed by atoms with Crippen LogP contribution in [0.5, 0.6) is 0 Å². The summed E-state index contributed by atoms with van der Waals surface area (Å²) in [6.45, 7) is 1.51. The van der Waals surface area contributed by atoms with Gasteiger partial charge in [0, 0.05) is 41.6 Å². The lowest BCUT2D eigenvalue weighted by molar-refractivity contribution is -0.121. The lowest BCUT2D eigenvalue weighted by atomic mass is 9.93. The van der Waals surface area contributed by atoms with Crippen LogP contribution in [-0.4, -0.2) is 17.0 Å². The molecule has 2 aliphatic carbocycles. The van der Waals surface area contributed by atoms with Crippen molar-refractivity contribution < 1.29 is 4.79 Å². The van der Waals surface area contributed by atoms with Crippen molar-refractivity contribution in [1.29, 1.82) is 0 Å². The first kappa shape index (κ1) is 14.8. The summed E-state index contributed by atoms with van der Waals surface area (Å²) in [6.07, 6.45) is 9.71. The van der Waals surface area contributed by atoms with E-state index in [9.17, 15) is 4.79 Å². The molecule has 1 saturated carbocycles. The summed E-state index contributed by atoms with van der Waals surface area (Å²) in [6, 6.07) is 7.90. The molecule has 0 radical (unpaired) electrons. The van der Waals surface area contributed by atoms with Crippen LogP contribution in [0.1, 0.15) is 19.3 Å². The van der Waals surface area contributed by atoms with Gasteiger partial charge in [0.15, 0.2) is 0 Å². The van der Waals surface area contributed by atoms with Gasteiger partial charge < -0.3 is 9.88 Å². The van der Waals surface area contributed by atoms with Gasteiger partial charge in [-0.15, -0.1) is 0 Å². The van der Waals surface area contributed by atoms with Crippen LogP contribution in [0.4, 0.5) is 0 Å². The van der Waals surface area contributed by atoms with Crippen LogP contribution in [0.15, 0.2) is 42.6 Å². The number of nitrogens with one attached hydrogen (secondary N) is 1. The topological polar surface area (TPSA) is 34.0 Å². The number of aryl methyl sites for hydroxylation is 1. The van der Waals surface area contributed by atoms with E-state index >= 15 is 0 Å². The summed E-state index contributed by atoms with van der Waals surface area (Å²) >= 11 is 6.19. The number of carbonyl (C=O) groups excluding carboxylic acids is 1. The van der Waals surface area contributed by atoms with Crippen LogP contribution >= 0.6 is 11.6 Å². The predicted molar refractivity (Wildman–Crippen MR) is 93.4 cm³/mol. The highest BCUT2D eigenvalue weighted by atomic mass is 35.5. The highest BCUT2D eigenvalue weighted by Crippen LogP contribution is 2.42. The second-order valence-electron chi connectivity index (χ2n) is 6.78. The molecule has 1 amide bonds. The zero-order valence-electron chi connectivity index (χ0n) is 13.0. The molecular formula is C19H21ClN2O. The normalized spacial score (nSPS) is 25.3. The molecule has 4 heteroatoms. The third-order valence-electron chi connectivity index (χ3n) is 5.32. The van der Waals surface area contributed by atoms with Crippen LogP contribution in [0.3, 0.4) is 0 Å². The van der Waals surface area contributed by atoms with Crippen molar-refractivity contribution >= 4 is 28.4 Å². The van der Waals surface area contributed by atoms with Crippen molar-refractivity contribution in [1.82, 2.24) is 9.88 Å². The Morgan fingerprint density at radius 1 is 1.26 bits per heavy atom. The van der Waals surface area contributed by atoms with E-state index < -0.39 is 0 Å². The maximum atomic E-state index is 12.1. The van der Waals surface area contributed by atoms with Crippen LogP contribution in [0.25, 0.3) is 10.9 Å². The first-order valence-electron chi connectivity index (χ1n) is 8.39. The zero-order valence-corrected chi connectivity index (χ0v) is 13.8. The fourth-order valence-electron chi connectivity index (χ4n) is 4.07. The zero-order chi connectivity index (χ0) is 15.8. The molecule has 2 aliphatic rings. The van der Waals surface area contributed by atoms with Crippen molar-refractivity contribution in [2.24, 2.45) is 17.8 Å². The van der Waals surface area contributed by atoms with E-state index in [1.54, 1.807) is 0 Å². The molecule has 1 fully saturated rings. The number of hydrogen-bond donors (Lipinski definition) is 1. The van der Waals surface area contributed by atoms with Crippen molar-refractivity contribution in [2.75, 3.05) is 6.54 Å². The van der Waals surface area contributed by atoms with Crippen LogP contribution in [0.2, 0.25) is 5.02 Å². The number of hydrogen-bond acceptors (Lipinski definition) is 1. The van der Waals surface area contributed by atoms with Gasteiger partial charge in [-0.05, 0) is 48.8 Å². The summed E-state index contributed by atoms with van der Waals surface area (Å²) in [7, 11) is 0. The molecule has 1 heterocycles. The highest BCUT2D eigenvalue weighted by molar-refractivity contribution is 6.35. The SMILES string of the molecule is O=C(CCn1ccc2c(Cl)cccc21)NC[C@H]1C[C@H]2C=C[C@H]1C2. The molecule has 23 heavy (non-hydrogen) atoms. The molecule has 0 spiro atoms. The minimum Gasteiger partial charge on any atom is -0.356 e. The van der Waals surface area contributed by atoms with Crippen molar-refractivity contribution in [3.05, 3.63) is 47.6 Å². The Hall–Kier alpha value is -1.74. The minimum atomic E-state index is 0.139. The Balaban J connectivity index is 1.31. The Labute approximate surface area is 141 Å². The molecule has 120 valence electrons. The van der Waals surface area contributed by atoms with Crippen molar-refractivity contribution in [2.45, 2.75) is 25.8 Å². The van der Waals surface area contributed by atoms with E-state index in [4.69, 9.17) is 11.6 Å². The fraction of sp³-hybridized carbons (Fsp3) is 0.421. The van der Waals surface area contributed by atoms with Crippen LogP contribution < -0.4 is 5.32 Å². The van der Waals surface area contributed by atoms with Gasteiger partial charge >= 0.3 is 0 Å². The molecule has 4 rings (SSSR count). The summed E-state index contributed by atoms with van der Waals surface area (Å²) in [5, 5.41) is 4.92. The maximum absolute atomic E-state index is 12.1. The summed E-state index contributed by atoms with van der Waals surface area (Å²) in [4.78, 5) is 12.1. The molecule has 0 unspecified atom stereocenters. The first-order chi connectivity index (χ1) is 11.2. The first-order valence-corrected chi connectivity index (χ1v) is 8.77. The van der Waals surface area contributed by atoms with E-state index in [1.165, 1.54) is 12.8 Å². The quantitative estimate of drug-likeness (QED) is 0.827. The second-order valence-corrected chi connectivity index (χ2v) is 7.18. The number of rotatable bonds is 5. The van der Waals surface area contributed by atoms with Gasteiger partial charge in [0.2, 0.25) is 5.91 Å². The van der Waals surface area contributed by atoms with Crippen LogP contribution in [0, 0.1) is 17.8 Å². The largest absolute Gasteiger partial charge is 0.356 e. The molecule has 3 nitrogen and oxygen atoms in total. The lowest BCUT2D eigenvalue weighted by Gasteiger charge is -2.18. The Morgan fingerprint density at radius 2 is 2.17 bits per heavy atom. The molecule has 2 bridgehead atoms. The van der Waals surface area contributed by atoms with E-state index in [1.807, 2.05) is 30.5 Å². The number of carbonyl (C=O) groups is 1. The summed E-state index contributed by atoms with van der Waals surface area (Å²) in [5.74, 6) is 2.23. The number of allylic oxidation sites excluding steroid dienone is 2. The molecule has 2 aromatic rings. The summed E-state index contributed by atoms with van der Waals surface area (Å²) in [5.41, 5.74) is 1.09. The Morgan fingerprint density at radius 3 is 2.96 bits per heavy atom. The van der Waals surface area contributed by atoms with Crippen molar-refractivity contribution in [3.8, 4) is 0 Å². The van der Waals surface area contributed by atoms with Gasteiger partial charge in [-0.1, -0.05) is 29.8 Å². The van der Waals surface area contributed by atoms with E-state index in [0.717, 1.165) is 28.4 Å². The minimum absolute atomic E-state index is 0.139. The van der Waals surface area contributed by atoms with Crippen molar-refractivity contribution in [3.63, 3.8) is 0 Å².